The zero-order chi connectivity index (χ0) is 20.1. The quantitative estimate of drug-likeness (QED) is 0.565. The zero-order valence-corrected chi connectivity index (χ0v) is 17.3. The number of hydrogen-bond acceptors (Lipinski definition) is 3. The van der Waals surface area contributed by atoms with Gasteiger partial charge in [0.2, 0.25) is 5.91 Å². The number of nitrogens with zero attached hydrogens (tertiary/aromatic N) is 2. The highest BCUT2D eigenvalue weighted by Crippen LogP contribution is 2.22. The molecule has 1 amide bonds. The fraction of sp³-hybridized carbons (Fsp3) is 0.318. The van der Waals surface area contributed by atoms with Crippen molar-refractivity contribution in [2.75, 3.05) is 0 Å². The number of benzene rings is 2. The molecular formula is C22H26N4OS. The first-order valence-electron chi connectivity index (χ1n) is 9.50. The number of carbonyl (C=O) groups is 1. The van der Waals surface area contributed by atoms with Crippen LogP contribution in [0.15, 0.2) is 54.6 Å². The predicted molar refractivity (Wildman–Crippen MR) is 114 cm³/mol. The molecule has 0 bridgehead atoms. The van der Waals surface area contributed by atoms with E-state index in [1.807, 2.05) is 49.4 Å². The van der Waals surface area contributed by atoms with Gasteiger partial charge in [-0.05, 0) is 43.1 Å². The lowest BCUT2D eigenvalue weighted by atomic mass is 9.97. The lowest BCUT2D eigenvalue weighted by molar-refractivity contribution is -0.122. The lowest BCUT2D eigenvalue weighted by Crippen LogP contribution is -2.32. The molecule has 3 aromatic rings. The number of H-pyrrole nitrogens is 1. The smallest absolute Gasteiger partial charge is 0.240 e. The summed E-state index contributed by atoms with van der Waals surface area (Å²) in [6, 6.07) is 18.0. The number of aromatic nitrogens is 3. The molecule has 0 saturated heterocycles. The average molecular weight is 395 g/mol. The molecule has 1 atom stereocenters. The molecular weight excluding hydrogens is 368 g/mol. The van der Waals surface area contributed by atoms with Crippen molar-refractivity contribution in [3.8, 4) is 11.4 Å². The van der Waals surface area contributed by atoms with Crippen molar-refractivity contribution < 1.29 is 4.79 Å². The van der Waals surface area contributed by atoms with Crippen LogP contribution in [0.4, 0.5) is 0 Å². The molecule has 2 aromatic carbocycles. The van der Waals surface area contributed by atoms with Crippen LogP contribution in [0.5, 0.6) is 0 Å². The Morgan fingerprint density at radius 2 is 1.93 bits per heavy atom. The molecule has 0 radical (unpaired) electrons. The van der Waals surface area contributed by atoms with Gasteiger partial charge in [0.15, 0.2) is 10.6 Å². The third-order valence-electron chi connectivity index (χ3n) is 4.58. The Labute approximate surface area is 170 Å². The van der Waals surface area contributed by atoms with E-state index in [9.17, 15) is 4.79 Å². The second kappa shape index (κ2) is 8.97. The van der Waals surface area contributed by atoms with Crippen molar-refractivity contribution in [2.45, 2.75) is 39.8 Å². The standard InChI is InChI=1S/C22H26N4OS/c1-15(2)12-19(17-9-5-4-6-10-17)23-20(27)14-26-21(24-25-22(26)28)18-11-7-8-16(3)13-18/h4-11,13,15,19H,12,14H2,1-3H3,(H,23,27)(H,25,28). The topological polar surface area (TPSA) is 62.7 Å². The highest BCUT2D eigenvalue weighted by Gasteiger charge is 2.18. The monoisotopic (exact) mass is 394 g/mol. The molecule has 1 unspecified atom stereocenters. The minimum absolute atomic E-state index is 0.0304. The Morgan fingerprint density at radius 1 is 1.18 bits per heavy atom. The average Bonchev–Trinajstić information content (AvgIpc) is 3.02. The maximum atomic E-state index is 12.9. The first-order chi connectivity index (χ1) is 13.4. The van der Waals surface area contributed by atoms with Gasteiger partial charge in [0, 0.05) is 5.56 Å². The second-order valence-electron chi connectivity index (χ2n) is 7.47. The van der Waals surface area contributed by atoms with E-state index in [2.05, 4.69) is 41.5 Å². The predicted octanol–water partition coefficient (Wildman–Crippen LogP) is 4.82. The van der Waals surface area contributed by atoms with Gasteiger partial charge in [-0.15, -0.1) is 0 Å². The van der Waals surface area contributed by atoms with E-state index in [1.165, 1.54) is 0 Å². The maximum Gasteiger partial charge on any atom is 0.240 e. The number of aryl methyl sites for hydroxylation is 1. The van der Waals surface area contributed by atoms with Crippen LogP contribution in [-0.4, -0.2) is 20.7 Å². The number of aromatic amines is 1. The number of nitrogens with one attached hydrogen (secondary N) is 2. The molecule has 3 rings (SSSR count). The highest BCUT2D eigenvalue weighted by atomic mass is 32.1. The van der Waals surface area contributed by atoms with Gasteiger partial charge in [-0.1, -0.05) is 67.9 Å². The van der Waals surface area contributed by atoms with Crippen LogP contribution in [0.25, 0.3) is 11.4 Å². The Morgan fingerprint density at radius 3 is 2.61 bits per heavy atom. The van der Waals surface area contributed by atoms with Crippen molar-refractivity contribution in [1.82, 2.24) is 20.1 Å². The highest BCUT2D eigenvalue weighted by molar-refractivity contribution is 7.71. The van der Waals surface area contributed by atoms with Gasteiger partial charge in [0.1, 0.15) is 6.54 Å². The summed E-state index contributed by atoms with van der Waals surface area (Å²) in [4.78, 5) is 12.9. The summed E-state index contributed by atoms with van der Waals surface area (Å²) in [6.45, 7) is 6.46. The van der Waals surface area contributed by atoms with Crippen molar-refractivity contribution in [1.29, 1.82) is 0 Å². The summed E-state index contributed by atoms with van der Waals surface area (Å²) >= 11 is 5.37. The SMILES string of the molecule is Cc1cccc(-c2n[nH]c(=S)n2CC(=O)NC(CC(C)C)c2ccccc2)c1. The zero-order valence-electron chi connectivity index (χ0n) is 16.5. The minimum atomic E-state index is -0.0825. The van der Waals surface area contributed by atoms with E-state index in [-0.39, 0.29) is 18.5 Å². The summed E-state index contributed by atoms with van der Waals surface area (Å²) < 4.78 is 2.18. The number of hydrogen-bond donors (Lipinski definition) is 2. The summed E-state index contributed by atoms with van der Waals surface area (Å²) in [6.07, 6.45) is 0.872. The van der Waals surface area contributed by atoms with Crippen molar-refractivity contribution in [3.63, 3.8) is 0 Å². The summed E-state index contributed by atoms with van der Waals surface area (Å²) in [5, 5.41) is 10.3. The normalized spacial score (nSPS) is 12.1. The molecule has 1 heterocycles. The number of rotatable bonds is 7. The molecule has 1 aromatic heterocycles. The molecule has 5 nitrogen and oxygen atoms in total. The van der Waals surface area contributed by atoms with Crippen LogP contribution >= 0.6 is 12.2 Å². The third-order valence-corrected chi connectivity index (χ3v) is 4.89. The first kappa shape index (κ1) is 20.0. The number of amides is 1. The Kier molecular flexibility index (Phi) is 6.41. The molecule has 6 heteroatoms. The van der Waals surface area contributed by atoms with Crippen LogP contribution in [0, 0.1) is 17.6 Å². The molecule has 28 heavy (non-hydrogen) atoms. The molecule has 0 aliphatic carbocycles. The molecule has 0 aliphatic heterocycles. The Bertz CT molecular complexity index is 991. The van der Waals surface area contributed by atoms with Gasteiger partial charge < -0.3 is 5.32 Å². The van der Waals surface area contributed by atoms with Gasteiger partial charge >= 0.3 is 0 Å². The van der Waals surface area contributed by atoms with Crippen LogP contribution < -0.4 is 5.32 Å². The molecule has 0 saturated carbocycles. The largest absolute Gasteiger partial charge is 0.348 e. The van der Waals surface area contributed by atoms with E-state index >= 15 is 0 Å². The van der Waals surface area contributed by atoms with Crippen LogP contribution in [0.2, 0.25) is 0 Å². The van der Waals surface area contributed by atoms with Crippen LogP contribution in [0.1, 0.15) is 37.4 Å². The van der Waals surface area contributed by atoms with Gasteiger partial charge in [-0.25, -0.2) is 0 Å². The first-order valence-corrected chi connectivity index (χ1v) is 9.91. The third kappa shape index (κ3) is 4.95. The molecule has 0 aliphatic rings. The van der Waals surface area contributed by atoms with Gasteiger partial charge in [-0.2, -0.15) is 5.10 Å². The number of carbonyl (C=O) groups excluding carboxylic acids is 1. The van der Waals surface area contributed by atoms with Crippen molar-refractivity contribution in [3.05, 3.63) is 70.5 Å². The summed E-state index contributed by atoms with van der Waals surface area (Å²) in [7, 11) is 0. The minimum Gasteiger partial charge on any atom is -0.348 e. The Hall–Kier alpha value is -2.73. The molecule has 2 N–H and O–H groups in total. The maximum absolute atomic E-state index is 12.9. The van der Waals surface area contributed by atoms with Crippen LogP contribution in [-0.2, 0) is 11.3 Å². The summed E-state index contributed by atoms with van der Waals surface area (Å²) in [5.74, 6) is 1.05. The second-order valence-corrected chi connectivity index (χ2v) is 7.86. The van der Waals surface area contributed by atoms with E-state index in [0.717, 1.165) is 23.1 Å². The molecule has 0 spiro atoms. The van der Waals surface area contributed by atoms with Crippen LogP contribution in [0.3, 0.4) is 0 Å². The Balaban J connectivity index is 1.81. The van der Waals surface area contributed by atoms with Gasteiger partial charge in [-0.3, -0.25) is 14.5 Å². The van der Waals surface area contributed by atoms with Gasteiger partial charge in [0.05, 0.1) is 6.04 Å². The fourth-order valence-electron chi connectivity index (χ4n) is 3.29. The van der Waals surface area contributed by atoms with E-state index in [0.29, 0.717) is 16.5 Å². The van der Waals surface area contributed by atoms with E-state index in [1.54, 1.807) is 4.57 Å². The van der Waals surface area contributed by atoms with E-state index < -0.39 is 0 Å². The fourth-order valence-corrected chi connectivity index (χ4v) is 3.48. The van der Waals surface area contributed by atoms with Gasteiger partial charge in [0.25, 0.3) is 0 Å². The lowest BCUT2D eigenvalue weighted by Gasteiger charge is -2.21. The van der Waals surface area contributed by atoms with E-state index in [4.69, 9.17) is 12.2 Å². The molecule has 146 valence electrons. The van der Waals surface area contributed by atoms with Crippen molar-refractivity contribution >= 4 is 18.1 Å². The van der Waals surface area contributed by atoms with Crippen molar-refractivity contribution in [2.24, 2.45) is 5.92 Å². The molecule has 0 fully saturated rings. The summed E-state index contributed by atoms with van der Waals surface area (Å²) in [5.41, 5.74) is 3.17.